The molecule has 6 nitrogen and oxygen atoms in total. The van der Waals surface area contributed by atoms with E-state index in [0.717, 1.165) is 43.1 Å². The number of imidazole rings is 1. The summed E-state index contributed by atoms with van der Waals surface area (Å²) >= 11 is 6.42. The molecule has 29 heavy (non-hydrogen) atoms. The zero-order valence-electron chi connectivity index (χ0n) is 16.0. The van der Waals surface area contributed by atoms with E-state index in [1.165, 1.54) is 21.8 Å². The van der Waals surface area contributed by atoms with E-state index in [0.29, 0.717) is 25.0 Å². The molecule has 4 fully saturated rings. The summed E-state index contributed by atoms with van der Waals surface area (Å²) in [7, 11) is 0. The maximum absolute atomic E-state index is 14.5. The second-order valence-electron chi connectivity index (χ2n) is 9.04. The number of hydrogen-bond donors (Lipinski definition) is 0. The average molecular weight is 417 g/mol. The van der Waals surface area contributed by atoms with Crippen LogP contribution in [-0.2, 0) is 4.79 Å². The van der Waals surface area contributed by atoms with Gasteiger partial charge in [0, 0.05) is 25.3 Å². The van der Waals surface area contributed by atoms with Gasteiger partial charge in [0.15, 0.2) is 17.2 Å². The van der Waals surface area contributed by atoms with Crippen LogP contribution in [0.5, 0.6) is 0 Å². The van der Waals surface area contributed by atoms with Gasteiger partial charge in [-0.3, -0.25) is 14.0 Å². The van der Waals surface area contributed by atoms with E-state index >= 15 is 0 Å². The number of aromatic nitrogens is 2. The number of amides is 2. The molecule has 0 aromatic carbocycles. The van der Waals surface area contributed by atoms with Crippen LogP contribution in [0.25, 0.3) is 5.65 Å². The highest BCUT2D eigenvalue weighted by Crippen LogP contribution is 2.53. The highest BCUT2D eigenvalue weighted by atomic mass is 35.5. The molecule has 3 saturated carbocycles. The number of carbonyl (C=O) groups excluding carboxylic acids is 2. The van der Waals surface area contributed by atoms with Gasteiger partial charge >= 0.3 is 0 Å². The predicted molar refractivity (Wildman–Crippen MR) is 104 cm³/mol. The Balaban J connectivity index is 1.23. The normalized spacial score (nSPS) is 28.9. The van der Waals surface area contributed by atoms with E-state index in [1.807, 2.05) is 4.90 Å². The molecule has 0 N–H and O–H groups in total. The highest BCUT2D eigenvalue weighted by molar-refractivity contribution is 6.33. The quantitative estimate of drug-likeness (QED) is 0.772. The molecule has 3 heterocycles. The van der Waals surface area contributed by atoms with E-state index in [1.54, 1.807) is 6.20 Å². The molecule has 8 heteroatoms. The van der Waals surface area contributed by atoms with Crippen LogP contribution in [0.1, 0.15) is 54.1 Å². The molecule has 0 bridgehead atoms. The Bertz CT molecular complexity index is 1040. The SMILES string of the molecule is O=C(c1nc2c(F)cc(C3CC3)cn2c1Cl)N1CCN(C2CC3CC3C2)C(=O)C1. The Morgan fingerprint density at radius 1 is 1.17 bits per heavy atom. The first kappa shape index (κ1) is 17.7. The van der Waals surface area contributed by atoms with Crippen LogP contribution in [0.15, 0.2) is 12.3 Å². The molecule has 2 amide bonds. The third-order valence-electron chi connectivity index (χ3n) is 7.09. The summed E-state index contributed by atoms with van der Waals surface area (Å²) in [6.07, 6.45) is 7.37. The Hall–Kier alpha value is -2.15. The summed E-state index contributed by atoms with van der Waals surface area (Å²) in [6.45, 7) is 1.03. The molecule has 0 spiro atoms. The van der Waals surface area contributed by atoms with Gasteiger partial charge in [-0.15, -0.1) is 0 Å². The average Bonchev–Trinajstić information content (AvgIpc) is 3.62. The Morgan fingerprint density at radius 2 is 1.93 bits per heavy atom. The summed E-state index contributed by atoms with van der Waals surface area (Å²) in [4.78, 5) is 33.4. The van der Waals surface area contributed by atoms with Gasteiger partial charge in [0.25, 0.3) is 5.91 Å². The molecule has 0 radical (unpaired) electrons. The lowest BCUT2D eigenvalue weighted by atomic mass is 10.1. The maximum Gasteiger partial charge on any atom is 0.276 e. The number of pyridine rings is 1. The predicted octanol–water partition coefficient (Wildman–Crippen LogP) is 3.09. The van der Waals surface area contributed by atoms with Crippen molar-refractivity contribution in [1.29, 1.82) is 0 Å². The van der Waals surface area contributed by atoms with Crippen LogP contribution >= 0.6 is 11.6 Å². The Morgan fingerprint density at radius 3 is 2.62 bits per heavy atom. The maximum atomic E-state index is 14.5. The first-order valence-electron chi connectivity index (χ1n) is 10.5. The summed E-state index contributed by atoms with van der Waals surface area (Å²) < 4.78 is 16.0. The monoisotopic (exact) mass is 416 g/mol. The van der Waals surface area contributed by atoms with Crippen LogP contribution in [0.2, 0.25) is 5.15 Å². The van der Waals surface area contributed by atoms with Gasteiger partial charge in [0.05, 0.1) is 0 Å². The van der Waals surface area contributed by atoms with Crippen molar-refractivity contribution in [2.75, 3.05) is 19.6 Å². The molecule has 2 aromatic rings. The van der Waals surface area contributed by atoms with Gasteiger partial charge in [-0.25, -0.2) is 9.37 Å². The standard InChI is InChI=1S/C21H22ClFN4O2/c22-19-18(24-20-16(23)8-14(9-27(19)20)11-1-2-11)21(29)25-3-4-26(17(28)10-25)15-6-12-5-13(12)7-15/h8-9,11-13,15H,1-7,10H2. The topological polar surface area (TPSA) is 57.9 Å². The molecule has 2 unspecified atom stereocenters. The Kier molecular flexibility index (Phi) is 3.77. The minimum Gasteiger partial charge on any atom is -0.336 e. The first-order valence-corrected chi connectivity index (χ1v) is 10.8. The van der Waals surface area contributed by atoms with Gasteiger partial charge in [-0.1, -0.05) is 11.6 Å². The summed E-state index contributed by atoms with van der Waals surface area (Å²) in [5.41, 5.74) is 0.950. The first-order chi connectivity index (χ1) is 14.0. The van der Waals surface area contributed by atoms with Crippen LogP contribution < -0.4 is 0 Å². The molecule has 6 rings (SSSR count). The molecule has 1 aliphatic heterocycles. The van der Waals surface area contributed by atoms with Crippen LogP contribution in [0.3, 0.4) is 0 Å². The van der Waals surface area contributed by atoms with Crippen molar-refractivity contribution in [1.82, 2.24) is 19.2 Å². The largest absolute Gasteiger partial charge is 0.336 e. The van der Waals surface area contributed by atoms with E-state index in [9.17, 15) is 14.0 Å². The van der Waals surface area contributed by atoms with Crippen molar-refractivity contribution >= 4 is 29.1 Å². The second-order valence-corrected chi connectivity index (χ2v) is 9.39. The van der Waals surface area contributed by atoms with Crippen LogP contribution in [-0.4, -0.2) is 56.7 Å². The van der Waals surface area contributed by atoms with Gasteiger partial charge in [0.1, 0.15) is 11.7 Å². The molecule has 2 aromatic heterocycles. The smallest absolute Gasteiger partial charge is 0.276 e. The fraction of sp³-hybridized carbons (Fsp3) is 0.571. The number of piperazine rings is 1. The second kappa shape index (κ2) is 6.17. The number of fused-ring (bicyclic) bond motifs is 2. The molecule has 1 saturated heterocycles. The van der Waals surface area contributed by atoms with E-state index < -0.39 is 11.7 Å². The van der Waals surface area contributed by atoms with Gasteiger partial charge in [-0.2, -0.15) is 0 Å². The van der Waals surface area contributed by atoms with Crippen molar-refractivity contribution in [2.24, 2.45) is 11.8 Å². The third kappa shape index (κ3) is 2.85. The highest BCUT2D eigenvalue weighted by Gasteiger charge is 2.49. The minimum atomic E-state index is -0.476. The lowest BCUT2D eigenvalue weighted by Crippen LogP contribution is -2.55. The number of nitrogens with zero attached hydrogens (tertiary/aromatic N) is 4. The number of rotatable bonds is 3. The van der Waals surface area contributed by atoms with E-state index in [2.05, 4.69) is 4.98 Å². The lowest BCUT2D eigenvalue weighted by Gasteiger charge is -2.38. The van der Waals surface area contributed by atoms with E-state index in [-0.39, 0.29) is 28.9 Å². The van der Waals surface area contributed by atoms with Crippen molar-refractivity contribution in [2.45, 2.75) is 44.1 Å². The zero-order valence-corrected chi connectivity index (χ0v) is 16.7. The van der Waals surface area contributed by atoms with Crippen LogP contribution in [0.4, 0.5) is 4.39 Å². The van der Waals surface area contributed by atoms with Crippen molar-refractivity contribution in [3.63, 3.8) is 0 Å². The third-order valence-corrected chi connectivity index (χ3v) is 7.45. The van der Waals surface area contributed by atoms with Gasteiger partial charge in [0.2, 0.25) is 5.91 Å². The number of hydrogen-bond acceptors (Lipinski definition) is 3. The minimum absolute atomic E-state index is 0.0156. The Labute approximate surface area is 172 Å². The van der Waals surface area contributed by atoms with Gasteiger partial charge < -0.3 is 9.80 Å². The summed E-state index contributed by atoms with van der Waals surface area (Å²) in [5.74, 6) is 1.07. The zero-order chi connectivity index (χ0) is 19.9. The summed E-state index contributed by atoms with van der Waals surface area (Å²) in [6, 6.07) is 1.82. The van der Waals surface area contributed by atoms with Crippen LogP contribution in [0, 0.1) is 17.7 Å². The van der Waals surface area contributed by atoms with E-state index in [4.69, 9.17) is 11.6 Å². The van der Waals surface area contributed by atoms with Gasteiger partial charge in [-0.05, 0) is 61.5 Å². The molecular weight excluding hydrogens is 395 g/mol. The number of carbonyl (C=O) groups is 2. The van der Waals surface area contributed by atoms with Crippen molar-refractivity contribution < 1.29 is 14.0 Å². The lowest BCUT2D eigenvalue weighted by molar-refractivity contribution is -0.137. The number of halogens is 2. The van der Waals surface area contributed by atoms with Crippen molar-refractivity contribution in [3.8, 4) is 0 Å². The molecular formula is C21H22ClFN4O2. The fourth-order valence-electron chi connectivity index (χ4n) is 5.21. The van der Waals surface area contributed by atoms with Crippen molar-refractivity contribution in [3.05, 3.63) is 34.5 Å². The molecule has 152 valence electrons. The molecule has 2 atom stereocenters. The summed E-state index contributed by atoms with van der Waals surface area (Å²) in [5, 5.41) is 0.108. The fourth-order valence-corrected chi connectivity index (χ4v) is 5.46. The molecule has 4 aliphatic rings. The molecule has 3 aliphatic carbocycles.